The van der Waals surface area contributed by atoms with E-state index in [9.17, 15) is 9.90 Å². The first kappa shape index (κ1) is 8.05. The van der Waals surface area contributed by atoms with E-state index >= 15 is 0 Å². The first-order chi connectivity index (χ1) is 5.72. The number of carbonyl (C=O) groups excluding carboxylic acids is 1. The fourth-order valence-electron chi connectivity index (χ4n) is 2.74. The van der Waals surface area contributed by atoms with Gasteiger partial charge in [0.25, 0.3) is 0 Å². The van der Waals surface area contributed by atoms with Crippen LogP contribution in [0, 0.1) is 17.8 Å². The molecule has 3 nitrogen and oxygen atoms in total. The maximum Gasteiger partial charge on any atom is 0.309 e. The van der Waals surface area contributed by atoms with Gasteiger partial charge in [0.1, 0.15) is 0 Å². The molecule has 0 aliphatic heterocycles. The average molecular weight is 170 g/mol. The molecule has 3 heteroatoms. The number of fused-ring (bicyclic) bond motifs is 2. The van der Waals surface area contributed by atoms with Crippen molar-refractivity contribution >= 4 is 5.97 Å². The largest absolute Gasteiger partial charge is 0.469 e. The molecule has 0 aromatic heterocycles. The number of ether oxygens (including phenoxy) is 1. The number of aliphatic hydroxyl groups is 1. The molecule has 0 aromatic rings. The Morgan fingerprint density at radius 3 is 2.67 bits per heavy atom. The highest BCUT2D eigenvalue weighted by molar-refractivity contribution is 5.73. The lowest BCUT2D eigenvalue weighted by Gasteiger charge is -2.23. The van der Waals surface area contributed by atoms with Crippen molar-refractivity contribution in [2.75, 3.05) is 7.11 Å². The van der Waals surface area contributed by atoms with Gasteiger partial charge < -0.3 is 9.84 Å². The molecule has 2 rings (SSSR count). The second kappa shape index (κ2) is 2.73. The van der Waals surface area contributed by atoms with Gasteiger partial charge in [0.2, 0.25) is 0 Å². The summed E-state index contributed by atoms with van der Waals surface area (Å²) in [5.41, 5.74) is 0. The lowest BCUT2D eigenvalue weighted by Crippen LogP contribution is -2.30. The maximum absolute atomic E-state index is 11.2. The zero-order chi connectivity index (χ0) is 8.72. The predicted molar refractivity (Wildman–Crippen MR) is 42.3 cm³/mol. The van der Waals surface area contributed by atoms with E-state index in [1.165, 1.54) is 7.11 Å². The molecule has 2 bridgehead atoms. The van der Waals surface area contributed by atoms with Crippen molar-refractivity contribution < 1.29 is 14.6 Å². The second-order valence-corrected chi connectivity index (χ2v) is 3.93. The van der Waals surface area contributed by atoms with Gasteiger partial charge in [-0.1, -0.05) is 0 Å². The Balaban J connectivity index is 2.07. The van der Waals surface area contributed by atoms with Crippen LogP contribution < -0.4 is 0 Å². The molecule has 0 aromatic carbocycles. The van der Waals surface area contributed by atoms with Crippen LogP contribution in [0.1, 0.15) is 19.3 Å². The summed E-state index contributed by atoms with van der Waals surface area (Å²) in [7, 11) is 1.42. The number of esters is 1. The maximum atomic E-state index is 11.2. The van der Waals surface area contributed by atoms with Crippen LogP contribution >= 0.6 is 0 Å². The van der Waals surface area contributed by atoms with Crippen LogP contribution in [0.3, 0.4) is 0 Å². The third-order valence-electron chi connectivity index (χ3n) is 3.28. The lowest BCUT2D eigenvalue weighted by molar-refractivity contribution is -0.149. The number of aliphatic hydroxyl groups excluding tert-OH is 1. The summed E-state index contributed by atoms with van der Waals surface area (Å²) < 4.78 is 4.69. The van der Waals surface area contributed by atoms with E-state index in [4.69, 9.17) is 0 Å². The van der Waals surface area contributed by atoms with Crippen molar-refractivity contribution in [1.82, 2.24) is 0 Å². The molecule has 2 aliphatic carbocycles. The highest BCUT2D eigenvalue weighted by Gasteiger charge is 2.48. The monoisotopic (exact) mass is 170 g/mol. The Morgan fingerprint density at radius 2 is 2.17 bits per heavy atom. The van der Waals surface area contributed by atoms with Gasteiger partial charge in [-0.3, -0.25) is 4.79 Å². The molecule has 2 saturated carbocycles. The molecule has 0 saturated heterocycles. The standard InChI is InChI=1S/C9H14O3/c1-12-9(11)7-3-5-2-6(7)8(10)4-5/h5-8,10H,2-4H2,1H3/t5-,6+,7-,8-/m0/s1. The van der Waals surface area contributed by atoms with E-state index in [1.807, 2.05) is 0 Å². The van der Waals surface area contributed by atoms with Gasteiger partial charge in [0.15, 0.2) is 0 Å². The summed E-state index contributed by atoms with van der Waals surface area (Å²) in [6, 6.07) is 0. The normalized spacial score (nSPS) is 44.8. The molecular weight excluding hydrogens is 156 g/mol. The minimum Gasteiger partial charge on any atom is -0.469 e. The highest BCUT2D eigenvalue weighted by atomic mass is 16.5. The molecule has 0 unspecified atom stereocenters. The lowest BCUT2D eigenvalue weighted by atomic mass is 9.87. The van der Waals surface area contributed by atoms with Gasteiger partial charge >= 0.3 is 5.97 Å². The predicted octanol–water partition coefficient (Wildman–Crippen LogP) is 0.566. The number of hydrogen-bond donors (Lipinski definition) is 1. The van der Waals surface area contributed by atoms with Crippen LogP contribution in [0.15, 0.2) is 0 Å². The number of hydrogen-bond acceptors (Lipinski definition) is 3. The van der Waals surface area contributed by atoms with Crippen LogP contribution in [0.2, 0.25) is 0 Å². The topological polar surface area (TPSA) is 46.5 Å². The van der Waals surface area contributed by atoms with Crippen molar-refractivity contribution in [3.63, 3.8) is 0 Å². The Morgan fingerprint density at radius 1 is 1.42 bits per heavy atom. The van der Waals surface area contributed by atoms with E-state index < -0.39 is 0 Å². The molecule has 12 heavy (non-hydrogen) atoms. The Kier molecular flexibility index (Phi) is 1.83. The molecule has 4 atom stereocenters. The van der Waals surface area contributed by atoms with Gasteiger partial charge in [-0.2, -0.15) is 0 Å². The molecular formula is C9H14O3. The third-order valence-corrected chi connectivity index (χ3v) is 3.28. The summed E-state index contributed by atoms with van der Waals surface area (Å²) in [4.78, 5) is 11.2. The number of carbonyl (C=O) groups is 1. The Hall–Kier alpha value is -0.570. The van der Waals surface area contributed by atoms with Crippen molar-refractivity contribution in [1.29, 1.82) is 0 Å². The van der Waals surface area contributed by atoms with E-state index in [0.717, 1.165) is 19.3 Å². The summed E-state index contributed by atoms with van der Waals surface area (Å²) >= 11 is 0. The third kappa shape index (κ3) is 1.04. The minimum atomic E-state index is -0.257. The molecule has 0 heterocycles. The SMILES string of the molecule is COC(=O)[C@H]1C[C@@H]2C[C@H]1[C@@H](O)C2. The van der Waals surface area contributed by atoms with E-state index in [1.54, 1.807) is 0 Å². The van der Waals surface area contributed by atoms with Crippen LogP contribution in [0.4, 0.5) is 0 Å². The smallest absolute Gasteiger partial charge is 0.309 e. The molecule has 0 radical (unpaired) electrons. The van der Waals surface area contributed by atoms with Crippen LogP contribution in [-0.2, 0) is 9.53 Å². The van der Waals surface area contributed by atoms with Crippen molar-refractivity contribution in [3.05, 3.63) is 0 Å². The number of rotatable bonds is 1. The number of methoxy groups -OCH3 is 1. The summed E-state index contributed by atoms with van der Waals surface area (Å²) in [6.45, 7) is 0. The highest BCUT2D eigenvalue weighted by Crippen LogP contribution is 2.48. The van der Waals surface area contributed by atoms with E-state index in [2.05, 4.69) is 4.74 Å². The first-order valence-corrected chi connectivity index (χ1v) is 4.48. The molecule has 0 amide bonds. The van der Waals surface area contributed by atoms with Crippen LogP contribution in [-0.4, -0.2) is 24.3 Å². The fraction of sp³-hybridized carbons (Fsp3) is 0.889. The zero-order valence-electron chi connectivity index (χ0n) is 7.19. The average Bonchev–Trinajstić information content (AvgIpc) is 2.60. The van der Waals surface area contributed by atoms with E-state index in [0.29, 0.717) is 5.92 Å². The minimum absolute atomic E-state index is 0.0243. The molecule has 2 fully saturated rings. The van der Waals surface area contributed by atoms with Crippen molar-refractivity contribution in [3.8, 4) is 0 Å². The van der Waals surface area contributed by atoms with Gasteiger partial charge in [-0.05, 0) is 31.1 Å². The van der Waals surface area contributed by atoms with Crippen LogP contribution in [0.5, 0.6) is 0 Å². The zero-order valence-corrected chi connectivity index (χ0v) is 7.19. The van der Waals surface area contributed by atoms with Gasteiger partial charge in [0, 0.05) is 0 Å². The molecule has 68 valence electrons. The van der Waals surface area contributed by atoms with Gasteiger partial charge in [-0.15, -0.1) is 0 Å². The van der Waals surface area contributed by atoms with Crippen molar-refractivity contribution in [2.24, 2.45) is 17.8 Å². The second-order valence-electron chi connectivity index (χ2n) is 3.93. The fourth-order valence-corrected chi connectivity index (χ4v) is 2.74. The Labute approximate surface area is 71.7 Å². The quantitative estimate of drug-likeness (QED) is 0.585. The first-order valence-electron chi connectivity index (χ1n) is 4.48. The molecule has 0 spiro atoms. The summed E-state index contributed by atoms with van der Waals surface area (Å²) in [5.74, 6) is 0.585. The van der Waals surface area contributed by atoms with Crippen LogP contribution in [0.25, 0.3) is 0 Å². The molecule has 1 N–H and O–H groups in total. The van der Waals surface area contributed by atoms with E-state index in [-0.39, 0.29) is 23.9 Å². The van der Waals surface area contributed by atoms with Gasteiger partial charge in [-0.25, -0.2) is 0 Å². The summed E-state index contributed by atoms with van der Waals surface area (Å²) in [6.07, 6.45) is 2.57. The summed E-state index contributed by atoms with van der Waals surface area (Å²) in [5, 5.41) is 9.53. The van der Waals surface area contributed by atoms with Crippen molar-refractivity contribution in [2.45, 2.75) is 25.4 Å². The molecule has 2 aliphatic rings. The Bertz CT molecular complexity index is 202. The van der Waals surface area contributed by atoms with Gasteiger partial charge in [0.05, 0.1) is 19.1 Å².